The lowest BCUT2D eigenvalue weighted by Crippen LogP contribution is -2.38. The van der Waals surface area contributed by atoms with Crippen molar-refractivity contribution in [3.63, 3.8) is 0 Å². The van der Waals surface area contributed by atoms with Gasteiger partial charge in [0, 0.05) is 26.3 Å². The van der Waals surface area contributed by atoms with Gasteiger partial charge in [-0.05, 0) is 38.6 Å². The smallest absolute Gasteiger partial charge is 0.0615 e. The second-order valence-electron chi connectivity index (χ2n) is 4.62. The fourth-order valence-electron chi connectivity index (χ4n) is 2.17. The molecule has 0 aromatic heterocycles. The Balaban J connectivity index is 2.19. The zero-order valence-corrected chi connectivity index (χ0v) is 10.6. The highest BCUT2D eigenvalue weighted by Gasteiger charge is 2.24. The molecule has 0 bridgehead atoms. The van der Waals surface area contributed by atoms with Crippen molar-refractivity contribution in [3.8, 4) is 0 Å². The fraction of sp³-hybridized carbons (Fsp3) is 1.00. The Hall–Kier alpha value is -0.160. The molecule has 0 aromatic carbocycles. The number of ether oxygens (including phenoxy) is 2. The molecule has 96 valence electrons. The molecule has 1 aliphatic heterocycles. The molecule has 0 radical (unpaired) electrons. The molecule has 1 saturated heterocycles. The summed E-state index contributed by atoms with van der Waals surface area (Å²) >= 11 is 0. The first-order valence-corrected chi connectivity index (χ1v) is 6.32. The minimum absolute atomic E-state index is 0.394. The van der Waals surface area contributed by atoms with Crippen molar-refractivity contribution in [1.29, 1.82) is 0 Å². The maximum Gasteiger partial charge on any atom is 0.0615 e. The third-order valence-corrected chi connectivity index (χ3v) is 3.33. The SMILES string of the molecule is COCC(CCCN)NCC1CCOC1C. The van der Waals surface area contributed by atoms with Gasteiger partial charge in [-0.1, -0.05) is 0 Å². The third kappa shape index (κ3) is 4.78. The van der Waals surface area contributed by atoms with Crippen LogP contribution >= 0.6 is 0 Å². The Morgan fingerprint density at radius 3 is 2.94 bits per heavy atom. The van der Waals surface area contributed by atoms with Gasteiger partial charge in [0.1, 0.15) is 0 Å². The predicted octanol–water partition coefficient (Wildman–Crippen LogP) is 0.755. The average Bonchev–Trinajstić information content (AvgIpc) is 2.68. The second-order valence-corrected chi connectivity index (χ2v) is 4.62. The van der Waals surface area contributed by atoms with Crippen molar-refractivity contribution in [1.82, 2.24) is 5.32 Å². The molecule has 1 fully saturated rings. The monoisotopic (exact) mass is 230 g/mol. The number of nitrogens with two attached hydrogens (primary N) is 1. The summed E-state index contributed by atoms with van der Waals surface area (Å²) in [6, 6.07) is 0.432. The lowest BCUT2D eigenvalue weighted by Gasteiger charge is -2.21. The van der Waals surface area contributed by atoms with Gasteiger partial charge < -0.3 is 20.5 Å². The van der Waals surface area contributed by atoms with Crippen LogP contribution in [0, 0.1) is 5.92 Å². The number of hydrogen-bond donors (Lipinski definition) is 2. The predicted molar refractivity (Wildman–Crippen MR) is 65.5 cm³/mol. The molecule has 0 saturated carbocycles. The zero-order chi connectivity index (χ0) is 11.8. The van der Waals surface area contributed by atoms with Crippen LogP contribution in [0.15, 0.2) is 0 Å². The van der Waals surface area contributed by atoms with E-state index in [0.717, 1.165) is 39.1 Å². The van der Waals surface area contributed by atoms with Crippen molar-refractivity contribution in [2.24, 2.45) is 11.7 Å². The number of nitrogens with one attached hydrogen (secondary N) is 1. The quantitative estimate of drug-likeness (QED) is 0.646. The Kier molecular flexibility index (Phi) is 6.96. The first kappa shape index (κ1) is 13.9. The zero-order valence-electron chi connectivity index (χ0n) is 10.6. The number of rotatable bonds is 8. The van der Waals surface area contributed by atoms with E-state index in [1.54, 1.807) is 7.11 Å². The van der Waals surface area contributed by atoms with Crippen LogP contribution in [-0.2, 0) is 9.47 Å². The molecule has 0 aromatic rings. The summed E-state index contributed by atoms with van der Waals surface area (Å²) < 4.78 is 10.8. The van der Waals surface area contributed by atoms with Crippen LogP contribution in [0.4, 0.5) is 0 Å². The normalized spacial score (nSPS) is 27.2. The van der Waals surface area contributed by atoms with Gasteiger partial charge in [0.2, 0.25) is 0 Å². The van der Waals surface area contributed by atoms with Gasteiger partial charge in [-0.3, -0.25) is 0 Å². The molecule has 16 heavy (non-hydrogen) atoms. The van der Waals surface area contributed by atoms with Crippen LogP contribution in [0.1, 0.15) is 26.2 Å². The summed E-state index contributed by atoms with van der Waals surface area (Å²) in [7, 11) is 1.75. The molecule has 0 amide bonds. The third-order valence-electron chi connectivity index (χ3n) is 3.33. The first-order chi connectivity index (χ1) is 7.77. The molecule has 4 nitrogen and oxygen atoms in total. The molecule has 3 N–H and O–H groups in total. The van der Waals surface area contributed by atoms with E-state index in [0.29, 0.717) is 18.1 Å². The maximum absolute atomic E-state index is 5.55. The molecule has 3 unspecified atom stereocenters. The molecule has 1 heterocycles. The summed E-state index contributed by atoms with van der Waals surface area (Å²) in [6.45, 7) is 5.61. The highest BCUT2D eigenvalue weighted by molar-refractivity contribution is 4.77. The lowest BCUT2D eigenvalue weighted by molar-refractivity contribution is 0.102. The Morgan fingerprint density at radius 1 is 1.56 bits per heavy atom. The van der Waals surface area contributed by atoms with Crippen LogP contribution in [0.25, 0.3) is 0 Å². The van der Waals surface area contributed by atoms with Gasteiger partial charge in [-0.25, -0.2) is 0 Å². The van der Waals surface area contributed by atoms with Gasteiger partial charge in [0.15, 0.2) is 0 Å². The van der Waals surface area contributed by atoms with Crippen LogP contribution in [0.3, 0.4) is 0 Å². The molecule has 1 aliphatic rings. The van der Waals surface area contributed by atoms with Gasteiger partial charge in [-0.2, -0.15) is 0 Å². The topological polar surface area (TPSA) is 56.5 Å². The number of hydrogen-bond acceptors (Lipinski definition) is 4. The van der Waals surface area contributed by atoms with E-state index >= 15 is 0 Å². The minimum atomic E-state index is 0.394. The molecule has 4 heteroatoms. The van der Waals surface area contributed by atoms with Crippen LogP contribution in [-0.4, -0.2) is 45.6 Å². The first-order valence-electron chi connectivity index (χ1n) is 6.32. The standard InChI is InChI=1S/C12H26N2O2/c1-10-11(5-7-16-10)8-14-12(9-15-2)4-3-6-13/h10-12,14H,3-9,13H2,1-2H3. The Labute approximate surface area is 98.9 Å². The summed E-state index contributed by atoms with van der Waals surface area (Å²) in [6.07, 6.45) is 3.71. The van der Waals surface area contributed by atoms with E-state index in [4.69, 9.17) is 15.2 Å². The van der Waals surface area contributed by atoms with E-state index in [1.165, 1.54) is 6.42 Å². The number of methoxy groups -OCH3 is 1. The summed E-state index contributed by atoms with van der Waals surface area (Å²) in [5.41, 5.74) is 5.52. The molecular weight excluding hydrogens is 204 g/mol. The Morgan fingerprint density at radius 2 is 2.38 bits per heavy atom. The highest BCUT2D eigenvalue weighted by Crippen LogP contribution is 2.19. The van der Waals surface area contributed by atoms with Gasteiger partial charge in [0.25, 0.3) is 0 Å². The van der Waals surface area contributed by atoms with Crippen molar-refractivity contribution in [2.75, 3.05) is 33.4 Å². The van der Waals surface area contributed by atoms with Gasteiger partial charge >= 0.3 is 0 Å². The van der Waals surface area contributed by atoms with Crippen molar-refractivity contribution >= 4 is 0 Å². The fourth-order valence-corrected chi connectivity index (χ4v) is 2.17. The van der Waals surface area contributed by atoms with Gasteiger partial charge in [-0.15, -0.1) is 0 Å². The van der Waals surface area contributed by atoms with E-state index in [9.17, 15) is 0 Å². The Bertz CT molecular complexity index is 178. The molecular formula is C12H26N2O2. The van der Waals surface area contributed by atoms with E-state index in [2.05, 4.69) is 12.2 Å². The van der Waals surface area contributed by atoms with Crippen molar-refractivity contribution < 1.29 is 9.47 Å². The van der Waals surface area contributed by atoms with Crippen molar-refractivity contribution in [3.05, 3.63) is 0 Å². The average molecular weight is 230 g/mol. The molecule has 3 atom stereocenters. The highest BCUT2D eigenvalue weighted by atomic mass is 16.5. The second kappa shape index (κ2) is 8.01. The summed E-state index contributed by atoms with van der Waals surface area (Å²) in [4.78, 5) is 0. The van der Waals surface area contributed by atoms with Crippen LogP contribution < -0.4 is 11.1 Å². The molecule has 0 spiro atoms. The summed E-state index contributed by atoms with van der Waals surface area (Å²) in [5.74, 6) is 0.650. The minimum Gasteiger partial charge on any atom is -0.383 e. The van der Waals surface area contributed by atoms with E-state index in [1.807, 2.05) is 0 Å². The van der Waals surface area contributed by atoms with E-state index < -0.39 is 0 Å². The summed E-state index contributed by atoms with van der Waals surface area (Å²) in [5, 5.41) is 3.57. The lowest BCUT2D eigenvalue weighted by atomic mass is 10.0. The van der Waals surface area contributed by atoms with Crippen LogP contribution in [0.5, 0.6) is 0 Å². The van der Waals surface area contributed by atoms with Crippen LogP contribution in [0.2, 0.25) is 0 Å². The largest absolute Gasteiger partial charge is 0.383 e. The maximum atomic E-state index is 5.55. The molecule has 1 rings (SSSR count). The molecule has 0 aliphatic carbocycles. The van der Waals surface area contributed by atoms with Gasteiger partial charge in [0.05, 0.1) is 12.7 Å². The van der Waals surface area contributed by atoms with E-state index in [-0.39, 0.29) is 0 Å². The van der Waals surface area contributed by atoms with Crippen molar-refractivity contribution in [2.45, 2.75) is 38.3 Å².